The first-order chi connectivity index (χ1) is 26.1. The molecule has 3 heterocycles. The normalized spacial score (nSPS) is 12.6. The minimum atomic E-state index is 0.0968. The van der Waals surface area contributed by atoms with Crippen molar-refractivity contribution in [2.75, 3.05) is 0 Å². The van der Waals surface area contributed by atoms with Crippen molar-refractivity contribution in [2.45, 2.75) is 19.8 Å². The largest absolute Gasteiger partial charge is 0.456 e. The summed E-state index contributed by atoms with van der Waals surface area (Å²) < 4.78 is 12.9. The number of hydrogen-bond acceptors (Lipinski definition) is 5. The van der Waals surface area contributed by atoms with Gasteiger partial charge in [-0.25, -0.2) is 15.0 Å². The summed E-state index contributed by atoms with van der Waals surface area (Å²) in [4.78, 5) is 15.1. The van der Waals surface area contributed by atoms with Crippen LogP contribution in [0.5, 0.6) is 0 Å². The first kappa shape index (κ1) is 30.9. The zero-order valence-electron chi connectivity index (χ0n) is 29.2. The third-order valence-corrected chi connectivity index (χ3v) is 10.3. The lowest BCUT2D eigenvalue weighted by molar-refractivity contribution is 0.601. The topological polar surface area (TPSA) is 65.0 Å². The predicted octanol–water partition coefficient (Wildman–Crippen LogP) is 12.9. The molecule has 5 heteroatoms. The summed E-state index contributed by atoms with van der Waals surface area (Å²) in [5.41, 5.74) is 7.60. The predicted molar refractivity (Wildman–Crippen MR) is 217 cm³/mol. The number of aromatic nitrogens is 3. The Morgan fingerprint density at radius 3 is 1.94 bits per heavy atom. The van der Waals surface area contributed by atoms with Crippen LogP contribution in [0.15, 0.2) is 161 Å². The third kappa shape index (κ3) is 5.37. The van der Waals surface area contributed by atoms with E-state index in [1.165, 1.54) is 21.7 Å². The Labute approximate surface area is 305 Å². The van der Waals surface area contributed by atoms with Gasteiger partial charge in [0.15, 0.2) is 17.5 Å². The number of nitrogens with zero attached hydrogens (tertiary/aromatic N) is 3. The fourth-order valence-corrected chi connectivity index (χ4v) is 7.59. The average Bonchev–Trinajstić information content (AvgIpc) is 3.75. The summed E-state index contributed by atoms with van der Waals surface area (Å²) >= 11 is 0. The Morgan fingerprint density at radius 2 is 1.15 bits per heavy atom. The van der Waals surface area contributed by atoms with E-state index < -0.39 is 0 Å². The minimum Gasteiger partial charge on any atom is -0.456 e. The standard InChI is InChI=1S/C48H33N3O2/c1-29(37-18-10-21-42-45(37)39-27-34-16-8-9-17-35(34)28-43(39)53-42)22-25-40-30(2)44-38(19-11-20-41(44)52-40)48-50-46(32-13-4-3-5-14-32)49-47(51-48)36-24-23-31-12-6-7-15-33(31)26-36/h3-29H,1-2H3/b25-22-. The highest BCUT2D eigenvalue weighted by molar-refractivity contribution is 6.11. The molecule has 0 aliphatic heterocycles. The summed E-state index contributed by atoms with van der Waals surface area (Å²) in [5, 5.41) is 7.96. The molecule has 0 N–H and O–H groups in total. The van der Waals surface area contributed by atoms with Crippen LogP contribution in [0.4, 0.5) is 0 Å². The van der Waals surface area contributed by atoms with Gasteiger partial charge in [-0.2, -0.15) is 0 Å². The van der Waals surface area contributed by atoms with Crippen LogP contribution >= 0.6 is 0 Å². The molecule has 7 aromatic carbocycles. The van der Waals surface area contributed by atoms with Crippen LogP contribution in [0.25, 0.3) is 94.7 Å². The van der Waals surface area contributed by atoms with E-state index in [0.717, 1.165) is 66.3 Å². The molecule has 5 nitrogen and oxygen atoms in total. The summed E-state index contributed by atoms with van der Waals surface area (Å²) in [6, 6.07) is 50.0. The van der Waals surface area contributed by atoms with Crippen molar-refractivity contribution in [3.05, 3.63) is 169 Å². The highest BCUT2D eigenvalue weighted by Crippen LogP contribution is 2.39. The zero-order valence-corrected chi connectivity index (χ0v) is 29.2. The summed E-state index contributed by atoms with van der Waals surface area (Å²) in [6.45, 7) is 4.33. The lowest BCUT2D eigenvalue weighted by atomic mass is 9.94. The zero-order chi connectivity index (χ0) is 35.5. The highest BCUT2D eigenvalue weighted by atomic mass is 16.3. The quantitative estimate of drug-likeness (QED) is 0.175. The molecule has 252 valence electrons. The molecule has 10 aromatic rings. The van der Waals surface area contributed by atoms with E-state index in [0.29, 0.717) is 17.5 Å². The Balaban J connectivity index is 1.06. The van der Waals surface area contributed by atoms with E-state index in [4.69, 9.17) is 23.8 Å². The molecule has 0 bridgehead atoms. The lowest BCUT2D eigenvalue weighted by Crippen LogP contribution is -2.00. The molecule has 0 aliphatic rings. The molecule has 3 aromatic heterocycles. The van der Waals surface area contributed by atoms with Gasteiger partial charge in [0.25, 0.3) is 0 Å². The molecule has 0 saturated heterocycles. The molecule has 0 saturated carbocycles. The van der Waals surface area contributed by atoms with Gasteiger partial charge in [0.05, 0.1) is 0 Å². The smallest absolute Gasteiger partial charge is 0.164 e. The van der Waals surface area contributed by atoms with Crippen molar-refractivity contribution in [1.29, 1.82) is 0 Å². The molecular weight excluding hydrogens is 651 g/mol. The van der Waals surface area contributed by atoms with Crippen LogP contribution < -0.4 is 0 Å². The van der Waals surface area contributed by atoms with Crippen molar-refractivity contribution in [1.82, 2.24) is 15.0 Å². The van der Waals surface area contributed by atoms with E-state index in [1.54, 1.807) is 0 Å². The molecule has 10 rings (SSSR count). The number of fused-ring (bicyclic) bond motifs is 6. The van der Waals surface area contributed by atoms with Crippen LogP contribution in [0, 0.1) is 6.92 Å². The van der Waals surface area contributed by atoms with E-state index in [2.05, 4.69) is 129 Å². The average molecular weight is 684 g/mol. The fraction of sp³-hybridized carbons (Fsp3) is 0.0625. The molecule has 53 heavy (non-hydrogen) atoms. The van der Waals surface area contributed by atoms with Gasteiger partial charge in [0.2, 0.25) is 0 Å². The van der Waals surface area contributed by atoms with Crippen molar-refractivity contribution in [3.63, 3.8) is 0 Å². The molecule has 1 unspecified atom stereocenters. The monoisotopic (exact) mass is 683 g/mol. The van der Waals surface area contributed by atoms with E-state index in [9.17, 15) is 0 Å². The first-order valence-electron chi connectivity index (χ1n) is 17.9. The van der Waals surface area contributed by atoms with Crippen molar-refractivity contribution in [2.24, 2.45) is 0 Å². The first-order valence-corrected chi connectivity index (χ1v) is 17.9. The van der Waals surface area contributed by atoms with Gasteiger partial charge in [-0.3, -0.25) is 0 Å². The van der Waals surface area contributed by atoms with Gasteiger partial charge in [-0.1, -0.05) is 128 Å². The second-order valence-corrected chi connectivity index (χ2v) is 13.7. The number of benzene rings is 7. The van der Waals surface area contributed by atoms with Gasteiger partial charge in [0.1, 0.15) is 22.5 Å². The van der Waals surface area contributed by atoms with Gasteiger partial charge >= 0.3 is 0 Å². The molecular formula is C48H33N3O2. The Hall–Kier alpha value is -6.85. The van der Waals surface area contributed by atoms with Crippen LogP contribution in [0.1, 0.15) is 29.7 Å². The maximum Gasteiger partial charge on any atom is 0.164 e. The second kappa shape index (κ2) is 12.4. The molecule has 0 fully saturated rings. The second-order valence-electron chi connectivity index (χ2n) is 13.7. The molecule has 0 radical (unpaired) electrons. The number of furan rings is 2. The lowest BCUT2D eigenvalue weighted by Gasteiger charge is -2.10. The molecule has 1 atom stereocenters. The minimum absolute atomic E-state index is 0.0968. The van der Waals surface area contributed by atoms with Gasteiger partial charge < -0.3 is 8.83 Å². The van der Waals surface area contributed by atoms with Gasteiger partial charge in [-0.15, -0.1) is 0 Å². The summed E-state index contributed by atoms with van der Waals surface area (Å²) in [6.07, 6.45) is 4.32. The van der Waals surface area contributed by atoms with Crippen LogP contribution in [-0.2, 0) is 0 Å². The molecule has 0 amide bonds. The Kier molecular flexibility index (Phi) is 7.25. The summed E-state index contributed by atoms with van der Waals surface area (Å²) in [5.74, 6) is 2.76. The number of aryl methyl sites for hydroxylation is 1. The Morgan fingerprint density at radius 1 is 0.509 bits per heavy atom. The molecule has 0 aliphatic carbocycles. The van der Waals surface area contributed by atoms with Crippen LogP contribution in [0.3, 0.4) is 0 Å². The van der Waals surface area contributed by atoms with Crippen molar-refractivity contribution < 1.29 is 8.83 Å². The van der Waals surface area contributed by atoms with Gasteiger partial charge in [0, 0.05) is 44.3 Å². The Bertz CT molecular complexity index is 3040. The van der Waals surface area contributed by atoms with E-state index in [1.807, 2.05) is 42.5 Å². The van der Waals surface area contributed by atoms with Crippen molar-refractivity contribution in [3.8, 4) is 34.2 Å². The number of hydrogen-bond donors (Lipinski definition) is 0. The highest BCUT2D eigenvalue weighted by Gasteiger charge is 2.20. The maximum absolute atomic E-state index is 6.54. The SMILES string of the molecule is Cc1c(/C=C\C(C)c2cccc3oc4cc5ccccc5cc4c23)oc2cccc(-c3nc(-c4ccccc4)nc(-c4ccc5ccccc5c4)n3)c12. The van der Waals surface area contributed by atoms with Crippen LogP contribution in [-0.4, -0.2) is 15.0 Å². The fourth-order valence-electron chi connectivity index (χ4n) is 7.59. The van der Waals surface area contributed by atoms with Crippen LogP contribution in [0.2, 0.25) is 0 Å². The molecule has 0 spiro atoms. The maximum atomic E-state index is 6.54. The number of rotatable bonds is 6. The van der Waals surface area contributed by atoms with E-state index in [-0.39, 0.29) is 5.92 Å². The number of allylic oxidation sites excluding steroid dienone is 1. The van der Waals surface area contributed by atoms with E-state index >= 15 is 0 Å². The van der Waals surface area contributed by atoms with Gasteiger partial charge in [-0.05, 0) is 70.4 Å². The summed E-state index contributed by atoms with van der Waals surface area (Å²) in [7, 11) is 0. The van der Waals surface area contributed by atoms with Crippen molar-refractivity contribution >= 4 is 60.5 Å². The third-order valence-electron chi connectivity index (χ3n) is 10.3.